The molecule has 2 N–H and O–H groups in total. The van der Waals surface area contributed by atoms with Crippen LogP contribution in [-0.4, -0.2) is 39.3 Å². The molecule has 0 amide bonds. The molecule has 1 aliphatic heterocycles. The van der Waals surface area contributed by atoms with Gasteiger partial charge >= 0.3 is 0 Å². The Bertz CT molecular complexity index is 1100. The number of anilines is 1. The monoisotopic (exact) mass is 477 g/mol. The summed E-state index contributed by atoms with van der Waals surface area (Å²) in [7, 11) is 0. The number of likely N-dealkylation sites (tertiary alicyclic amines) is 1. The molecule has 0 saturated carbocycles. The van der Waals surface area contributed by atoms with Crippen LogP contribution in [0.4, 0.5) is 10.2 Å². The van der Waals surface area contributed by atoms with Crippen LogP contribution in [0.3, 0.4) is 0 Å². The van der Waals surface area contributed by atoms with E-state index < -0.39 is 11.9 Å². The van der Waals surface area contributed by atoms with Crippen LogP contribution in [0, 0.1) is 5.82 Å². The van der Waals surface area contributed by atoms with Crippen molar-refractivity contribution in [1.29, 1.82) is 0 Å². The van der Waals surface area contributed by atoms with E-state index in [1.165, 1.54) is 12.1 Å². The molecule has 0 unspecified atom stereocenters. The van der Waals surface area contributed by atoms with Crippen molar-refractivity contribution in [2.75, 3.05) is 25.4 Å². The van der Waals surface area contributed by atoms with E-state index in [-0.39, 0.29) is 10.8 Å². The highest BCUT2D eigenvalue weighted by atomic mass is 35.5. The second-order valence-corrected chi connectivity index (χ2v) is 8.78. The fourth-order valence-electron chi connectivity index (χ4n) is 4.06. The van der Waals surface area contributed by atoms with Gasteiger partial charge in [0.05, 0.1) is 17.3 Å². The second-order valence-electron chi connectivity index (χ2n) is 8.00. The van der Waals surface area contributed by atoms with Gasteiger partial charge in [-0.05, 0) is 44.5 Å². The minimum Gasteiger partial charge on any atom is -0.482 e. The lowest BCUT2D eigenvalue weighted by Crippen LogP contribution is -2.34. The van der Waals surface area contributed by atoms with Crippen molar-refractivity contribution in [2.45, 2.75) is 38.8 Å². The molecule has 4 rings (SSSR count). The quantitative estimate of drug-likeness (QED) is 0.456. The summed E-state index contributed by atoms with van der Waals surface area (Å²) >= 11 is 12.4. The van der Waals surface area contributed by atoms with Crippen molar-refractivity contribution in [3.8, 4) is 16.9 Å². The predicted molar refractivity (Wildman–Crippen MR) is 126 cm³/mol. The lowest BCUT2D eigenvalue weighted by Gasteiger charge is -2.31. The van der Waals surface area contributed by atoms with Gasteiger partial charge in [-0.1, -0.05) is 30.1 Å². The van der Waals surface area contributed by atoms with Crippen LogP contribution in [0.2, 0.25) is 10.0 Å². The fourth-order valence-corrected chi connectivity index (χ4v) is 4.74. The number of halogens is 3. The van der Waals surface area contributed by atoms with Crippen LogP contribution in [0.15, 0.2) is 36.8 Å². The van der Waals surface area contributed by atoms with Crippen molar-refractivity contribution in [1.82, 2.24) is 19.7 Å². The average Bonchev–Trinajstić information content (AvgIpc) is 3.28. The van der Waals surface area contributed by atoms with Crippen molar-refractivity contribution in [3.05, 3.63) is 58.2 Å². The molecule has 6 nitrogen and oxygen atoms in total. The zero-order valence-electron chi connectivity index (χ0n) is 18.1. The molecule has 32 heavy (non-hydrogen) atoms. The second kappa shape index (κ2) is 9.65. The summed E-state index contributed by atoms with van der Waals surface area (Å²) in [4.78, 5) is 6.73. The summed E-state index contributed by atoms with van der Waals surface area (Å²) in [6.07, 6.45) is 7.08. The number of hydrogen-bond donors (Lipinski definition) is 1. The number of aromatic nitrogens is 3. The highest BCUT2D eigenvalue weighted by molar-refractivity contribution is 6.36. The Morgan fingerprint density at radius 2 is 1.97 bits per heavy atom. The molecular formula is C23H26Cl2FN5O. The largest absolute Gasteiger partial charge is 0.482 e. The smallest absolute Gasteiger partial charge is 0.166 e. The molecule has 1 aromatic carbocycles. The fraction of sp³-hybridized carbons (Fsp3) is 0.391. The first-order chi connectivity index (χ1) is 15.4. The normalized spacial score (nSPS) is 16.3. The Kier molecular flexibility index (Phi) is 6.88. The molecule has 0 spiro atoms. The zero-order valence-corrected chi connectivity index (χ0v) is 19.6. The van der Waals surface area contributed by atoms with Crippen molar-refractivity contribution in [2.24, 2.45) is 0 Å². The molecule has 9 heteroatoms. The summed E-state index contributed by atoms with van der Waals surface area (Å²) < 4.78 is 22.0. The van der Waals surface area contributed by atoms with Crippen molar-refractivity contribution >= 4 is 29.0 Å². The minimum absolute atomic E-state index is 0.0666. The molecule has 1 fully saturated rings. The first-order valence-electron chi connectivity index (χ1n) is 10.7. The van der Waals surface area contributed by atoms with Gasteiger partial charge in [0.15, 0.2) is 11.6 Å². The third-order valence-electron chi connectivity index (χ3n) is 5.98. The third kappa shape index (κ3) is 4.70. The van der Waals surface area contributed by atoms with Gasteiger partial charge in [0.25, 0.3) is 0 Å². The van der Waals surface area contributed by atoms with Gasteiger partial charge in [0.2, 0.25) is 0 Å². The van der Waals surface area contributed by atoms with Crippen LogP contribution >= 0.6 is 23.2 Å². The number of pyridine rings is 1. The van der Waals surface area contributed by atoms with Crippen LogP contribution < -0.4 is 10.5 Å². The molecule has 0 aliphatic carbocycles. The van der Waals surface area contributed by atoms with Crippen LogP contribution in [0.25, 0.3) is 11.1 Å². The Balaban J connectivity index is 1.54. The van der Waals surface area contributed by atoms with E-state index in [0.717, 1.165) is 43.6 Å². The van der Waals surface area contributed by atoms with E-state index >= 15 is 0 Å². The topological polar surface area (TPSA) is 69.2 Å². The Hall–Kier alpha value is -2.35. The summed E-state index contributed by atoms with van der Waals surface area (Å²) in [5.74, 6) is 0.0394. The molecule has 0 radical (unpaired) electrons. The predicted octanol–water partition coefficient (Wildman–Crippen LogP) is 5.77. The zero-order chi connectivity index (χ0) is 22.8. The van der Waals surface area contributed by atoms with E-state index in [1.54, 1.807) is 19.2 Å². The molecule has 1 saturated heterocycles. The van der Waals surface area contributed by atoms with Crippen LogP contribution in [-0.2, 0) is 0 Å². The van der Waals surface area contributed by atoms with Gasteiger partial charge in [0.1, 0.15) is 11.9 Å². The summed E-state index contributed by atoms with van der Waals surface area (Å²) in [5, 5.41) is 4.84. The van der Waals surface area contributed by atoms with Gasteiger partial charge in [0, 0.05) is 47.2 Å². The number of nitrogen functional groups attached to an aromatic ring is 1. The Morgan fingerprint density at radius 3 is 2.69 bits per heavy atom. The lowest BCUT2D eigenvalue weighted by atomic mass is 10.1. The van der Waals surface area contributed by atoms with E-state index in [9.17, 15) is 4.39 Å². The molecule has 3 heterocycles. The van der Waals surface area contributed by atoms with Gasteiger partial charge in [-0.25, -0.2) is 9.37 Å². The third-order valence-corrected chi connectivity index (χ3v) is 6.70. The van der Waals surface area contributed by atoms with Crippen molar-refractivity contribution < 1.29 is 9.13 Å². The molecular weight excluding hydrogens is 452 g/mol. The number of piperidine rings is 1. The number of nitrogens with zero attached hydrogens (tertiary/aromatic N) is 4. The first kappa shape index (κ1) is 22.8. The standard InChI is InChI=1S/C23H26Cl2FN5O/c1-3-30-8-6-17(7-9-30)31-13-16(12-29-31)15-10-20(23(27)28-11-15)32-14(2)21-18(24)4-5-19(26)22(21)25/h4-5,10-14,17H,3,6-9H2,1-2H3,(H2,27,28)/t14-/m0/s1. The average molecular weight is 478 g/mol. The molecule has 1 atom stereocenters. The van der Waals surface area contributed by atoms with Gasteiger partial charge < -0.3 is 15.4 Å². The number of benzene rings is 1. The van der Waals surface area contributed by atoms with E-state index in [1.807, 2.05) is 17.1 Å². The minimum atomic E-state index is -0.628. The summed E-state index contributed by atoms with van der Waals surface area (Å²) in [5.41, 5.74) is 8.17. The number of nitrogens with two attached hydrogens (primary N) is 1. The van der Waals surface area contributed by atoms with Crippen LogP contribution in [0.1, 0.15) is 44.4 Å². The molecule has 1 aliphatic rings. The maximum absolute atomic E-state index is 13.9. The van der Waals surface area contributed by atoms with E-state index in [0.29, 0.717) is 22.4 Å². The van der Waals surface area contributed by atoms with Gasteiger partial charge in [-0.2, -0.15) is 5.10 Å². The van der Waals surface area contributed by atoms with Crippen molar-refractivity contribution in [3.63, 3.8) is 0 Å². The SMILES string of the molecule is CCN1CCC(n2cc(-c3cnc(N)c(O[C@@H](C)c4c(Cl)ccc(F)c4Cl)c3)cn2)CC1. The number of ether oxygens (including phenoxy) is 1. The van der Waals surface area contributed by atoms with Gasteiger partial charge in [-0.3, -0.25) is 4.68 Å². The Morgan fingerprint density at radius 1 is 1.22 bits per heavy atom. The summed E-state index contributed by atoms with van der Waals surface area (Å²) in [6.45, 7) is 7.18. The summed E-state index contributed by atoms with van der Waals surface area (Å²) in [6, 6.07) is 4.87. The molecule has 0 bridgehead atoms. The number of rotatable bonds is 6. The lowest BCUT2D eigenvalue weighted by molar-refractivity contribution is 0.187. The van der Waals surface area contributed by atoms with E-state index in [2.05, 4.69) is 21.9 Å². The molecule has 2 aromatic heterocycles. The van der Waals surface area contributed by atoms with E-state index in [4.69, 9.17) is 33.7 Å². The maximum atomic E-state index is 13.9. The number of hydrogen-bond acceptors (Lipinski definition) is 5. The highest BCUT2D eigenvalue weighted by Crippen LogP contribution is 2.37. The van der Waals surface area contributed by atoms with Gasteiger partial charge in [-0.15, -0.1) is 0 Å². The molecule has 170 valence electrons. The molecule has 3 aromatic rings. The first-order valence-corrected chi connectivity index (χ1v) is 11.5. The maximum Gasteiger partial charge on any atom is 0.166 e. The highest BCUT2D eigenvalue weighted by Gasteiger charge is 2.22. The van der Waals surface area contributed by atoms with Crippen LogP contribution in [0.5, 0.6) is 5.75 Å². The Labute approximate surface area is 197 Å².